The van der Waals surface area contributed by atoms with Crippen molar-refractivity contribution in [3.63, 3.8) is 0 Å². The van der Waals surface area contributed by atoms with Crippen LogP contribution in [0.25, 0.3) is 0 Å². The first-order valence-electron chi connectivity index (χ1n) is 7.43. The molecule has 19 heavy (non-hydrogen) atoms. The Morgan fingerprint density at radius 1 is 1.00 bits per heavy atom. The Balaban J connectivity index is 2.06. The van der Waals surface area contributed by atoms with E-state index in [2.05, 4.69) is 38.1 Å². The van der Waals surface area contributed by atoms with Crippen LogP contribution in [-0.2, 0) is 4.79 Å². The first kappa shape index (κ1) is 16.3. The molecule has 0 atom stereocenters. The van der Waals surface area contributed by atoms with Gasteiger partial charge in [-0.2, -0.15) is 0 Å². The molecule has 1 nitrogen and oxygen atoms in total. The van der Waals surface area contributed by atoms with Crippen molar-refractivity contribution in [3.8, 4) is 0 Å². The minimum atomic E-state index is 0.390. The lowest BCUT2D eigenvalue weighted by molar-refractivity contribution is -0.116. The van der Waals surface area contributed by atoms with Crippen LogP contribution in [0.4, 0.5) is 0 Å². The predicted octanol–water partition coefficient (Wildman–Crippen LogP) is 5.41. The van der Waals surface area contributed by atoms with Gasteiger partial charge in [0.1, 0.15) is 5.78 Å². The fraction of sp³-hybridized carbons (Fsp3) is 0.588. The highest BCUT2D eigenvalue weighted by molar-refractivity contribution is 8.00. The van der Waals surface area contributed by atoms with E-state index in [-0.39, 0.29) is 0 Å². The molecule has 1 aromatic carbocycles. The second-order valence-corrected chi connectivity index (χ2v) is 6.21. The van der Waals surface area contributed by atoms with E-state index in [1.807, 2.05) is 0 Å². The van der Waals surface area contributed by atoms with E-state index in [0.717, 1.165) is 12.8 Å². The summed E-state index contributed by atoms with van der Waals surface area (Å²) < 4.78 is 0. The van der Waals surface area contributed by atoms with Crippen LogP contribution in [0.1, 0.15) is 57.4 Å². The lowest BCUT2D eigenvalue weighted by Gasteiger charge is -2.03. The van der Waals surface area contributed by atoms with Gasteiger partial charge >= 0.3 is 0 Å². The normalized spacial score (nSPS) is 10.6. The zero-order valence-corrected chi connectivity index (χ0v) is 13.1. The molecule has 0 unspecified atom stereocenters. The Morgan fingerprint density at radius 3 is 2.32 bits per heavy atom. The largest absolute Gasteiger partial charge is 0.299 e. The van der Waals surface area contributed by atoms with Gasteiger partial charge in [-0.05, 0) is 25.5 Å². The summed E-state index contributed by atoms with van der Waals surface area (Å²) in [6.45, 7) is 4.31. The first-order chi connectivity index (χ1) is 9.22. The van der Waals surface area contributed by atoms with Crippen LogP contribution in [0, 0.1) is 6.92 Å². The number of Topliss-reactive ketones (excluding diaryl/α,β-unsaturated/α-hetero) is 1. The Morgan fingerprint density at radius 2 is 1.63 bits per heavy atom. The highest BCUT2D eigenvalue weighted by Gasteiger charge is 2.03. The van der Waals surface area contributed by atoms with Crippen molar-refractivity contribution >= 4 is 17.5 Å². The van der Waals surface area contributed by atoms with Gasteiger partial charge in [-0.3, -0.25) is 4.79 Å². The second kappa shape index (κ2) is 10.1. The maximum Gasteiger partial charge on any atom is 0.143 e. The van der Waals surface area contributed by atoms with E-state index < -0.39 is 0 Å². The molecule has 2 heteroatoms. The minimum absolute atomic E-state index is 0.390. The second-order valence-electron chi connectivity index (χ2n) is 5.16. The van der Waals surface area contributed by atoms with E-state index >= 15 is 0 Å². The highest BCUT2D eigenvalue weighted by Crippen LogP contribution is 2.19. The fourth-order valence-corrected chi connectivity index (χ4v) is 2.77. The molecule has 1 aromatic rings. The molecule has 0 aliphatic heterocycles. The van der Waals surface area contributed by atoms with Crippen molar-refractivity contribution in [3.05, 3.63) is 29.8 Å². The maximum atomic E-state index is 11.8. The number of aryl methyl sites for hydroxylation is 1. The monoisotopic (exact) mass is 278 g/mol. The Hall–Kier alpha value is -0.760. The lowest BCUT2D eigenvalue weighted by Crippen LogP contribution is -2.00. The SMILES string of the molecule is CCCCCCCCC(=O)CSc1ccc(C)cc1. The summed E-state index contributed by atoms with van der Waals surface area (Å²) in [6, 6.07) is 8.39. The zero-order valence-electron chi connectivity index (χ0n) is 12.3. The molecule has 0 heterocycles. The Bertz CT molecular complexity index is 356. The van der Waals surface area contributed by atoms with E-state index in [0.29, 0.717) is 11.5 Å². The summed E-state index contributed by atoms with van der Waals surface area (Å²) >= 11 is 1.66. The van der Waals surface area contributed by atoms with Gasteiger partial charge in [-0.15, -0.1) is 11.8 Å². The molecule has 0 bridgehead atoms. The molecule has 0 saturated carbocycles. The number of ketones is 1. The summed E-state index contributed by atoms with van der Waals surface area (Å²) in [7, 11) is 0. The molecular formula is C17H26OS. The number of hydrogen-bond acceptors (Lipinski definition) is 2. The third-order valence-electron chi connectivity index (χ3n) is 3.23. The van der Waals surface area contributed by atoms with Gasteiger partial charge in [-0.25, -0.2) is 0 Å². The summed E-state index contributed by atoms with van der Waals surface area (Å²) in [5.41, 5.74) is 1.27. The van der Waals surface area contributed by atoms with Crippen molar-refractivity contribution in [1.82, 2.24) is 0 Å². The maximum absolute atomic E-state index is 11.8. The van der Waals surface area contributed by atoms with Crippen LogP contribution in [0.3, 0.4) is 0 Å². The Labute approximate surface area is 122 Å². The van der Waals surface area contributed by atoms with Crippen LogP contribution >= 0.6 is 11.8 Å². The number of unbranched alkanes of at least 4 members (excludes halogenated alkanes) is 5. The molecule has 0 spiro atoms. The van der Waals surface area contributed by atoms with Crippen LogP contribution < -0.4 is 0 Å². The topological polar surface area (TPSA) is 17.1 Å². The number of hydrogen-bond donors (Lipinski definition) is 0. The predicted molar refractivity (Wildman–Crippen MR) is 84.9 cm³/mol. The van der Waals surface area contributed by atoms with E-state index in [1.54, 1.807) is 11.8 Å². The van der Waals surface area contributed by atoms with Gasteiger partial charge in [0.15, 0.2) is 0 Å². The van der Waals surface area contributed by atoms with Crippen LogP contribution in [0.15, 0.2) is 29.2 Å². The molecule has 1 rings (SSSR count). The molecule has 0 radical (unpaired) electrons. The van der Waals surface area contributed by atoms with Gasteiger partial charge in [0.2, 0.25) is 0 Å². The summed E-state index contributed by atoms with van der Waals surface area (Å²) in [5, 5.41) is 0. The molecular weight excluding hydrogens is 252 g/mol. The van der Waals surface area contributed by atoms with Crippen molar-refractivity contribution in [1.29, 1.82) is 0 Å². The van der Waals surface area contributed by atoms with Crippen molar-refractivity contribution in [2.24, 2.45) is 0 Å². The Kier molecular flexibility index (Phi) is 8.64. The molecule has 106 valence electrons. The number of rotatable bonds is 10. The molecule has 0 aliphatic carbocycles. The molecule has 0 amide bonds. The molecule has 0 aromatic heterocycles. The summed E-state index contributed by atoms with van der Waals surface area (Å²) in [6.07, 6.45) is 8.25. The quantitative estimate of drug-likeness (QED) is 0.420. The minimum Gasteiger partial charge on any atom is -0.299 e. The number of benzene rings is 1. The lowest BCUT2D eigenvalue weighted by atomic mass is 10.1. The smallest absolute Gasteiger partial charge is 0.143 e. The van der Waals surface area contributed by atoms with Crippen molar-refractivity contribution < 1.29 is 4.79 Å². The van der Waals surface area contributed by atoms with E-state index in [9.17, 15) is 4.79 Å². The average molecular weight is 278 g/mol. The standard InChI is InChI=1S/C17H26OS/c1-3-4-5-6-7-8-9-16(18)14-19-17-12-10-15(2)11-13-17/h10-13H,3-9,14H2,1-2H3. The number of thioether (sulfide) groups is 1. The van der Waals surface area contributed by atoms with Gasteiger partial charge in [-0.1, -0.05) is 56.7 Å². The fourth-order valence-electron chi connectivity index (χ4n) is 1.97. The number of carbonyl (C=O) groups is 1. The summed E-state index contributed by atoms with van der Waals surface area (Å²) in [5.74, 6) is 1.01. The average Bonchev–Trinajstić information content (AvgIpc) is 2.42. The van der Waals surface area contributed by atoms with Crippen LogP contribution in [0.2, 0.25) is 0 Å². The molecule has 0 N–H and O–H groups in total. The van der Waals surface area contributed by atoms with Gasteiger partial charge in [0.05, 0.1) is 5.75 Å². The van der Waals surface area contributed by atoms with Gasteiger partial charge in [0.25, 0.3) is 0 Å². The molecule has 0 saturated heterocycles. The first-order valence-corrected chi connectivity index (χ1v) is 8.42. The van der Waals surface area contributed by atoms with E-state index in [4.69, 9.17) is 0 Å². The van der Waals surface area contributed by atoms with Gasteiger partial charge < -0.3 is 0 Å². The number of carbonyl (C=O) groups excluding carboxylic acids is 1. The summed E-state index contributed by atoms with van der Waals surface area (Å²) in [4.78, 5) is 12.9. The van der Waals surface area contributed by atoms with Gasteiger partial charge in [0, 0.05) is 11.3 Å². The van der Waals surface area contributed by atoms with Crippen molar-refractivity contribution in [2.75, 3.05) is 5.75 Å². The van der Waals surface area contributed by atoms with Crippen molar-refractivity contribution in [2.45, 2.75) is 63.7 Å². The highest BCUT2D eigenvalue weighted by atomic mass is 32.2. The third-order valence-corrected chi connectivity index (χ3v) is 4.30. The van der Waals surface area contributed by atoms with E-state index in [1.165, 1.54) is 42.6 Å². The third kappa shape index (κ3) is 8.10. The molecule has 0 fully saturated rings. The van der Waals surface area contributed by atoms with Crippen LogP contribution in [-0.4, -0.2) is 11.5 Å². The zero-order chi connectivity index (χ0) is 13.9. The molecule has 0 aliphatic rings. The van der Waals surface area contributed by atoms with Crippen LogP contribution in [0.5, 0.6) is 0 Å².